The first-order valence-electron chi connectivity index (χ1n) is 5.22. The van der Waals surface area contributed by atoms with E-state index < -0.39 is 0 Å². The number of carbonyl (C=O) groups is 1. The van der Waals surface area contributed by atoms with Gasteiger partial charge in [0.05, 0.1) is 0 Å². The first-order valence-corrected chi connectivity index (χ1v) is 5.22. The third-order valence-electron chi connectivity index (χ3n) is 3.33. The summed E-state index contributed by atoms with van der Waals surface area (Å²) in [5.74, 6) is 1.09. The van der Waals surface area contributed by atoms with Gasteiger partial charge in [-0.15, -0.1) is 6.58 Å². The Kier molecular flexibility index (Phi) is 2.38. The van der Waals surface area contributed by atoms with E-state index in [1.54, 1.807) is 0 Å². The van der Waals surface area contributed by atoms with E-state index in [1.807, 2.05) is 6.08 Å². The van der Waals surface area contributed by atoms with Crippen LogP contribution >= 0.6 is 0 Å². The molecule has 2 bridgehead atoms. The van der Waals surface area contributed by atoms with Crippen LogP contribution in [0.25, 0.3) is 0 Å². The van der Waals surface area contributed by atoms with Gasteiger partial charge in [-0.3, -0.25) is 4.79 Å². The Hall–Kier alpha value is -0.790. The van der Waals surface area contributed by atoms with Crippen LogP contribution in [0.3, 0.4) is 0 Å². The van der Waals surface area contributed by atoms with Gasteiger partial charge in [-0.05, 0) is 31.6 Å². The molecule has 0 spiro atoms. The summed E-state index contributed by atoms with van der Waals surface area (Å²) in [6.07, 6.45) is 7.58. The zero-order chi connectivity index (χ0) is 9.26. The van der Waals surface area contributed by atoms with E-state index in [0.717, 1.165) is 25.7 Å². The molecule has 13 heavy (non-hydrogen) atoms. The molecule has 0 aromatic heterocycles. The molecule has 3 atom stereocenters. The van der Waals surface area contributed by atoms with E-state index in [1.165, 1.54) is 6.42 Å². The molecule has 72 valence electrons. The lowest BCUT2D eigenvalue weighted by Gasteiger charge is -2.19. The molecule has 1 N–H and O–H groups in total. The summed E-state index contributed by atoms with van der Waals surface area (Å²) in [5, 5.41) is 3.12. The van der Waals surface area contributed by atoms with Gasteiger partial charge in [0.15, 0.2) is 0 Å². The fraction of sp³-hybridized carbons (Fsp3) is 0.727. The van der Waals surface area contributed by atoms with Crippen molar-refractivity contribution in [1.82, 2.24) is 5.32 Å². The molecule has 0 saturated carbocycles. The van der Waals surface area contributed by atoms with Crippen molar-refractivity contribution in [1.29, 1.82) is 0 Å². The predicted octanol–water partition coefficient (Wildman–Crippen LogP) is 1.87. The molecule has 3 unspecified atom stereocenters. The molecule has 0 aromatic rings. The fourth-order valence-corrected chi connectivity index (χ4v) is 2.55. The lowest BCUT2D eigenvalue weighted by Crippen LogP contribution is -2.33. The highest BCUT2D eigenvalue weighted by molar-refractivity contribution is 5.79. The number of hydrogen-bond acceptors (Lipinski definition) is 1. The summed E-state index contributed by atoms with van der Waals surface area (Å²) >= 11 is 0. The van der Waals surface area contributed by atoms with Gasteiger partial charge in [0.1, 0.15) is 0 Å². The van der Waals surface area contributed by atoms with E-state index in [9.17, 15) is 4.79 Å². The second-order valence-corrected chi connectivity index (χ2v) is 4.30. The van der Waals surface area contributed by atoms with Crippen molar-refractivity contribution in [3.8, 4) is 0 Å². The smallest absolute Gasteiger partial charge is 0.223 e. The van der Waals surface area contributed by atoms with Crippen molar-refractivity contribution in [3.05, 3.63) is 12.7 Å². The first-order chi connectivity index (χ1) is 6.29. The summed E-state index contributed by atoms with van der Waals surface area (Å²) in [6, 6.07) is 0.419. The van der Waals surface area contributed by atoms with Gasteiger partial charge in [0.2, 0.25) is 5.91 Å². The number of nitrogens with one attached hydrogen (secondary N) is 1. The Labute approximate surface area is 79.4 Å². The summed E-state index contributed by atoms with van der Waals surface area (Å²) in [4.78, 5) is 11.6. The topological polar surface area (TPSA) is 29.1 Å². The van der Waals surface area contributed by atoms with Gasteiger partial charge in [-0.2, -0.15) is 0 Å². The van der Waals surface area contributed by atoms with E-state index in [-0.39, 0.29) is 11.8 Å². The number of carbonyl (C=O) groups excluding carboxylic acids is 1. The monoisotopic (exact) mass is 179 g/mol. The van der Waals surface area contributed by atoms with Crippen molar-refractivity contribution in [2.45, 2.75) is 38.1 Å². The maximum Gasteiger partial charge on any atom is 0.223 e. The average Bonchev–Trinajstić information content (AvgIpc) is 2.32. The van der Waals surface area contributed by atoms with E-state index in [4.69, 9.17) is 0 Å². The van der Waals surface area contributed by atoms with Gasteiger partial charge in [-0.25, -0.2) is 0 Å². The molecule has 2 fully saturated rings. The Morgan fingerprint density at radius 1 is 1.38 bits per heavy atom. The molecule has 2 saturated heterocycles. The van der Waals surface area contributed by atoms with Crippen LogP contribution in [0.5, 0.6) is 0 Å². The van der Waals surface area contributed by atoms with E-state index in [0.29, 0.717) is 12.0 Å². The van der Waals surface area contributed by atoms with Gasteiger partial charge < -0.3 is 5.32 Å². The van der Waals surface area contributed by atoms with Crippen LogP contribution in [0, 0.1) is 11.8 Å². The standard InChI is InChI=1S/C11H17NO/c1-2-8-6-9-4-3-5-10(7-8)12-11(9)13/h2,8-10H,1,3-7H2,(H,12,13). The minimum Gasteiger partial charge on any atom is -0.353 e. The number of fused-ring (bicyclic) bond motifs is 3. The largest absolute Gasteiger partial charge is 0.353 e. The second kappa shape index (κ2) is 3.52. The Morgan fingerprint density at radius 3 is 3.00 bits per heavy atom. The van der Waals surface area contributed by atoms with Crippen molar-refractivity contribution >= 4 is 5.91 Å². The van der Waals surface area contributed by atoms with Crippen LogP contribution in [-0.4, -0.2) is 11.9 Å². The van der Waals surface area contributed by atoms with Crippen LogP contribution in [-0.2, 0) is 4.79 Å². The normalized spacial score (nSPS) is 39.1. The van der Waals surface area contributed by atoms with Crippen molar-refractivity contribution < 1.29 is 4.79 Å². The lowest BCUT2D eigenvalue weighted by atomic mass is 9.85. The lowest BCUT2D eigenvalue weighted by molar-refractivity contribution is -0.125. The molecule has 0 aromatic carbocycles. The van der Waals surface area contributed by atoms with Crippen LogP contribution < -0.4 is 5.32 Å². The quantitative estimate of drug-likeness (QED) is 0.612. The van der Waals surface area contributed by atoms with Gasteiger partial charge in [0.25, 0.3) is 0 Å². The molecular weight excluding hydrogens is 162 g/mol. The highest BCUT2D eigenvalue weighted by Gasteiger charge is 2.32. The first kappa shape index (κ1) is 8.79. The zero-order valence-electron chi connectivity index (χ0n) is 7.96. The highest BCUT2D eigenvalue weighted by Crippen LogP contribution is 2.31. The highest BCUT2D eigenvalue weighted by atomic mass is 16.2. The van der Waals surface area contributed by atoms with Crippen LogP contribution in [0.4, 0.5) is 0 Å². The zero-order valence-corrected chi connectivity index (χ0v) is 7.96. The predicted molar refractivity (Wildman–Crippen MR) is 52.2 cm³/mol. The fourth-order valence-electron chi connectivity index (χ4n) is 2.55. The summed E-state index contributed by atoms with van der Waals surface area (Å²) in [7, 11) is 0. The maximum absolute atomic E-state index is 11.6. The summed E-state index contributed by atoms with van der Waals surface area (Å²) in [6.45, 7) is 3.84. The number of hydrogen-bond donors (Lipinski definition) is 1. The molecule has 2 heteroatoms. The van der Waals surface area contributed by atoms with Crippen molar-refractivity contribution in [2.24, 2.45) is 11.8 Å². The van der Waals surface area contributed by atoms with Crippen molar-refractivity contribution in [2.75, 3.05) is 0 Å². The SMILES string of the molecule is C=CC1CC2CCCC(C1)C(=O)N2. The molecule has 1 amide bonds. The minimum atomic E-state index is 0.260. The average molecular weight is 179 g/mol. The minimum absolute atomic E-state index is 0.260. The number of allylic oxidation sites excluding steroid dienone is 1. The number of rotatable bonds is 1. The van der Waals surface area contributed by atoms with Gasteiger partial charge in [0, 0.05) is 12.0 Å². The van der Waals surface area contributed by atoms with Crippen LogP contribution in [0.1, 0.15) is 32.1 Å². The molecular formula is C11H17NO. The third-order valence-corrected chi connectivity index (χ3v) is 3.33. The molecule has 0 aliphatic carbocycles. The molecule has 2 aliphatic rings. The van der Waals surface area contributed by atoms with E-state index >= 15 is 0 Å². The third kappa shape index (κ3) is 1.77. The summed E-state index contributed by atoms with van der Waals surface area (Å²) < 4.78 is 0. The Balaban J connectivity index is 2.16. The second-order valence-electron chi connectivity index (χ2n) is 4.30. The molecule has 2 rings (SSSR count). The van der Waals surface area contributed by atoms with E-state index in [2.05, 4.69) is 11.9 Å². The molecule has 2 nitrogen and oxygen atoms in total. The van der Waals surface area contributed by atoms with Gasteiger partial charge in [-0.1, -0.05) is 12.5 Å². The maximum atomic E-state index is 11.6. The number of amides is 1. The van der Waals surface area contributed by atoms with Crippen molar-refractivity contribution in [3.63, 3.8) is 0 Å². The Bertz CT molecular complexity index is 224. The summed E-state index contributed by atoms with van der Waals surface area (Å²) in [5.41, 5.74) is 0. The Morgan fingerprint density at radius 2 is 2.23 bits per heavy atom. The van der Waals surface area contributed by atoms with Gasteiger partial charge >= 0.3 is 0 Å². The van der Waals surface area contributed by atoms with Crippen LogP contribution in [0.2, 0.25) is 0 Å². The van der Waals surface area contributed by atoms with Crippen LogP contribution in [0.15, 0.2) is 12.7 Å². The molecule has 2 aliphatic heterocycles. The molecule has 0 radical (unpaired) electrons. The molecule has 2 heterocycles.